The summed E-state index contributed by atoms with van der Waals surface area (Å²) in [7, 11) is 0. The first-order chi connectivity index (χ1) is 11.2. The molecular weight excluding hydrogens is 346 g/mol. The molecule has 0 aromatic heterocycles. The number of aliphatic imine (C=N–C) groups is 1. The molecule has 1 aromatic rings. The van der Waals surface area contributed by atoms with Gasteiger partial charge in [-0.15, -0.1) is 0 Å². The maximum Gasteiger partial charge on any atom is 0.413 e. The van der Waals surface area contributed by atoms with Crippen LogP contribution in [0, 0.1) is 5.92 Å². The Morgan fingerprint density at radius 1 is 1.50 bits per heavy atom. The maximum absolute atomic E-state index is 12.0. The van der Waals surface area contributed by atoms with Crippen LogP contribution in [0.5, 0.6) is 0 Å². The predicted molar refractivity (Wildman–Crippen MR) is 99.5 cm³/mol. The van der Waals surface area contributed by atoms with Crippen molar-refractivity contribution < 1.29 is 9.53 Å². The first-order valence-electron chi connectivity index (χ1n) is 7.98. The van der Waals surface area contributed by atoms with E-state index < -0.39 is 11.7 Å². The van der Waals surface area contributed by atoms with Crippen molar-refractivity contribution in [3.8, 4) is 0 Å². The van der Waals surface area contributed by atoms with Crippen molar-refractivity contribution in [1.82, 2.24) is 5.32 Å². The van der Waals surface area contributed by atoms with Gasteiger partial charge in [0, 0.05) is 22.0 Å². The Labute approximate surface area is 151 Å². The average molecular weight is 368 g/mol. The molecule has 1 aliphatic carbocycles. The predicted octanol–water partition coefficient (Wildman–Crippen LogP) is 4.16. The van der Waals surface area contributed by atoms with Crippen LogP contribution in [0.15, 0.2) is 23.2 Å². The number of hydrogen-bond donors (Lipinski definition) is 2. The van der Waals surface area contributed by atoms with Crippen LogP contribution in [0.2, 0.25) is 5.02 Å². The van der Waals surface area contributed by atoms with Gasteiger partial charge in [0.1, 0.15) is 5.60 Å². The van der Waals surface area contributed by atoms with Gasteiger partial charge in [-0.25, -0.2) is 4.79 Å². The van der Waals surface area contributed by atoms with Gasteiger partial charge in [-0.2, -0.15) is 0 Å². The molecule has 5 nitrogen and oxygen atoms in total. The zero-order valence-electron chi connectivity index (χ0n) is 14.1. The fourth-order valence-corrected chi connectivity index (χ4v) is 4.29. The van der Waals surface area contributed by atoms with Gasteiger partial charge in [0.2, 0.25) is 0 Å². The van der Waals surface area contributed by atoms with E-state index in [0.717, 1.165) is 24.2 Å². The number of nitrogens with two attached hydrogens (primary N) is 1. The molecule has 130 valence electrons. The summed E-state index contributed by atoms with van der Waals surface area (Å²) in [6, 6.07) is 5.49. The van der Waals surface area contributed by atoms with Crippen LogP contribution in [-0.4, -0.2) is 22.6 Å². The highest BCUT2D eigenvalue weighted by atomic mass is 35.5. The van der Waals surface area contributed by atoms with Crippen LogP contribution < -0.4 is 11.1 Å². The van der Waals surface area contributed by atoms with Gasteiger partial charge in [-0.05, 0) is 57.7 Å². The Bertz CT molecular complexity index is 702. The molecule has 0 saturated heterocycles. The van der Waals surface area contributed by atoms with Gasteiger partial charge in [0.05, 0.1) is 5.54 Å². The largest absolute Gasteiger partial charge is 0.444 e. The summed E-state index contributed by atoms with van der Waals surface area (Å²) in [5, 5.41) is 4.03. The minimum absolute atomic E-state index is 0.375. The fraction of sp³-hybridized carbons (Fsp3) is 0.529. The highest BCUT2D eigenvalue weighted by Gasteiger charge is 2.57. The zero-order chi connectivity index (χ0) is 17.5. The number of ether oxygens (including phenoxy) is 1. The third-order valence-electron chi connectivity index (χ3n) is 4.14. The lowest BCUT2D eigenvalue weighted by atomic mass is 10.0. The monoisotopic (exact) mass is 367 g/mol. The Kier molecular flexibility index (Phi) is 4.47. The van der Waals surface area contributed by atoms with Gasteiger partial charge in [-0.3, -0.25) is 10.3 Å². The highest BCUT2D eigenvalue weighted by molar-refractivity contribution is 8.13. The van der Waals surface area contributed by atoms with Crippen molar-refractivity contribution in [1.29, 1.82) is 0 Å². The summed E-state index contributed by atoms with van der Waals surface area (Å²) in [4.78, 5) is 16.9. The highest BCUT2D eigenvalue weighted by Crippen LogP contribution is 2.60. The van der Waals surface area contributed by atoms with E-state index in [-0.39, 0.29) is 5.54 Å². The first-order valence-corrected chi connectivity index (χ1v) is 9.34. The van der Waals surface area contributed by atoms with E-state index in [9.17, 15) is 4.79 Å². The van der Waals surface area contributed by atoms with E-state index in [0.29, 0.717) is 21.8 Å². The van der Waals surface area contributed by atoms with Gasteiger partial charge in [0.15, 0.2) is 5.17 Å². The van der Waals surface area contributed by atoms with Crippen molar-refractivity contribution in [2.45, 2.75) is 44.8 Å². The SMILES string of the molecule is CC(C)(C)OC(=O)NC1=N[C@@]2(c3cc(N)ccc3Cl)C[C@H]2CCS1. The lowest BCUT2D eigenvalue weighted by Gasteiger charge is -2.20. The molecule has 1 amide bonds. The van der Waals surface area contributed by atoms with Crippen LogP contribution in [0.25, 0.3) is 0 Å². The number of nitrogens with one attached hydrogen (secondary N) is 1. The zero-order valence-corrected chi connectivity index (χ0v) is 15.6. The van der Waals surface area contributed by atoms with Gasteiger partial charge >= 0.3 is 6.09 Å². The molecule has 1 aliphatic heterocycles. The summed E-state index contributed by atoms with van der Waals surface area (Å²) >= 11 is 7.94. The second-order valence-corrected chi connectivity index (χ2v) is 8.74. The fourth-order valence-electron chi connectivity index (χ4n) is 3.03. The van der Waals surface area contributed by atoms with E-state index in [1.165, 1.54) is 11.8 Å². The number of carbonyl (C=O) groups excluding carboxylic acids is 1. The van der Waals surface area contributed by atoms with Crippen molar-refractivity contribution in [2.24, 2.45) is 10.9 Å². The molecule has 3 rings (SSSR count). The number of thioether (sulfide) groups is 1. The van der Waals surface area contributed by atoms with E-state index in [1.54, 1.807) is 6.07 Å². The molecule has 7 heteroatoms. The number of benzene rings is 1. The third-order valence-corrected chi connectivity index (χ3v) is 5.38. The van der Waals surface area contributed by atoms with Crippen molar-refractivity contribution in [3.05, 3.63) is 28.8 Å². The number of carbonyl (C=O) groups is 1. The van der Waals surface area contributed by atoms with Crippen LogP contribution in [0.3, 0.4) is 0 Å². The van der Waals surface area contributed by atoms with Crippen molar-refractivity contribution in [2.75, 3.05) is 11.5 Å². The standard InChI is InChI=1S/C17H22ClN3O2S/c1-16(2,3)23-15(22)20-14-21-17(9-10(17)6-7-24-14)12-8-11(19)4-5-13(12)18/h4-5,8,10H,6-7,9,19H2,1-3H3,(H,20,21,22)/t10-,17+/m1/s1. The molecule has 2 atom stereocenters. The van der Waals surface area contributed by atoms with Crippen molar-refractivity contribution >= 4 is 40.3 Å². The Morgan fingerprint density at radius 2 is 2.25 bits per heavy atom. The minimum atomic E-state index is -0.545. The second-order valence-electron chi connectivity index (χ2n) is 7.25. The number of hydrogen-bond acceptors (Lipinski definition) is 5. The molecular formula is C17H22ClN3O2S. The molecule has 0 bridgehead atoms. The second kappa shape index (κ2) is 6.15. The summed E-state index contributed by atoms with van der Waals surface area (Å²) in [5.74, 6) is 1.34. The molecule has 0 unspecified atom stereocenters. The van der Waals surface area contributed by atoms with E-state index in [2.05, 4.69) is 5.32 Å². The summed E-state index contributed by atoms with van der Waals surface area (Å²) in [6.07, 6.45) is 1.47. The molecule has 1 saturated carbocycles. The van der Waals surface area contributed by atoms with E-state index in [1.807, 2.05) is 32.9 Å². The molecule has 24 heavy (non-hydrogen) atoms. The maximum atomic E-state index is 12.0. The average Bonchev–Trinajstić information content (AvgIpc) is 3.14. The quantitative estimate of drug-likeness (QED) is 0.731. The summed E-state index contributed by atoms with van der Waals surface area (Å²) < 4.78 is 5.32. The van der Waals surface area contributed by atoms with E-state index >= 15 is 0 Å². The molecule has 0 radical (unpaired) electrons. The smallest absolute Gasteiger partial charge is 0.413 e. The molecule has 0 spiro atoms. The summed E-state index contributed by atoms with van der Waals surface area (Å²) in [5.41, 5.74) is 6.63. The Hall–Kier alpha value is -1.40. The number of nitrogens with zero attached hydrogens (tertiary/aromatic N) is 1. The van der Waals surface area contributed by atoms with Gasteiger partial charge in [0.25, 0.3) is 0 Å². The van der Waals surface area contributed by atoms with Crippen LogP contribution in [0.4, 0.5) is 10.5 Å². The normalized spacial score (nSPS) is 26.0. The van der Waals surface area contributed by atoms with Gasteiger partial charge in [-0.1, -0.05) is 23.4 Å². The molecule has 1 heterocycles. The number of fused-ring (bicyclic) bond motifs is 1. The van der Waals surface area contributed by atoms with Gasteiger partial charge < -0.3 is 10.5 Å². The number of anilines is 1. The number of amidine groups is 1. The molecule has 2 aliphatic rings. The van der Waals surface area contributed by atoms with Crippen molar-refractivity contribution in [3.63, 3.8) is 0 Å². The number of halogens is 1. The van der Waals surface area contributed by atoms with Crippen LogP contribution >= 0.6 is 23.4 Å². The molecule has 3 N–H and O–H groups in total. The molecule has 1 fully saturated rings. The lowest BCUT2D eigenvalue weighted by Crippen LogP contribution is -2.35. The van der Waals surface area contributed by atoms with Crippen LogP contribution in [-0.2, 0) is 10.3 Å². The molecule has 1 aromatic carbocycles. The Morgan fingerprint density at radius 3 is 2.96 bits per heavy atom. The minimum Gasteiger partial charge on any atom is -0.444 e. The third kappa shape index (κ3) is 3.64. The number of amides is 1. The topological polar surface area (TPSA) is 76.7 Å². The van der Waals surface area contributed by atoms with Crippen LogP contribution in [0.1, 0.15) is 39.2 Å². The number of alkyl carbamates (subject to hydrolysis) is 1. The number of rotatable bonds is 1. The Balaban J connectivity index is 1.86. The summed E-state index contributed by atoms with van der Waals surface area (Å²) in [6.45, 7) is 5.50. The van der Waals surface area contributed by atoms with E-state index in [4.69, 9.17) is 27.1 Å². The first kappa shape index (κ1) is 17.4. The number of nitrogen functional groups attached to an aromatic ring is 1. The lowest BCUT2D eigenvalue weighted by molar-refractivity contribution is 0.0564.